The molecular formula is C15H20ClN3O2. The van der Waals surface area contributed by atoms with Gasteiger partial charge in [0.1, 0.15) is 5.52 Å². The number of piperazine rings is 1. The number of oxazole rings is 1. The van der Waals surface area contributed by atoms with E-state index in [0.717, 1.165) is 25.2 Å². The molecule has 21 heavy (non-hydrogen) atoms. The van der Waals surface area contributed by atoms with Crippen molar-refractivity contribution in [1.82, 2.24) is 10.3 Å². The van der Waals surface area contributed by atoms with Crippen LogP contribution >= 0.6 is 11.6 Å². The van der Waals surface area contributed by atoms with Crippen molar-refractivity contribution in [2.75, 3.05) is 24.5 Å². The minimum absolute atomic E-state index is 0.0540. The van der Waals surface area contributed by atoms with Crippen LogP contribution in [0.3, 0.4) is 0 Å². The van der Waals surface area contributed by atoms with E-state index in [1.54, 1.807) is 6.07 Å². The summed E-state index contributed by atoms with van der Waals surface area (Å²) < 4.78 is 11.8. The van der Waals surface area contributed by atoms with Crippen LogP contribution in [0.2, 0.25) is 5.02 Å². The van der Waals surface area contributed by atoms with Crippen molar-refractivity contribution < 1.29 is 9.15 Å². The number of hydrogen-bond acceptors (Lipinski definition) is 5. The molecule has 1 atom stereocenters. The predicted molar refractivity (Wildman–Crippen MR) is 84.5 cm³/mol. The van der Waals surface area contributed by atoms with Gasteiger partial charge in [0.05, 0.1) is 6.10 Å². The molecule has 0 unspecified atom stereocenters. The van der Waals surface area contributed by atoms with Crippen molar-refractivity contribution in [3.63, 3.8) is 0 Å². The van der Waals surface area contributed by atoms with Crippen LogP contribution in [0, 0.1) is 0 Å². The van der Waals surface area contributed by atoms with Crippen molar-refractivity contribution in [1.29, 1.82) is 0 Å². The second kappa shape index (κ2) is 5.73. The van der Waals surface area contributed by atoms with Gasteiger partial charge in [0.25, 0.3) is 6.01 Å². The summed E-state index contributed by atoms with van der Waals surface area (Å²) in [6.07, 6.45) is 0.0540. The average Bonchev–Trinajstić information content (AvgIpc) is 2.82. The Hall–Kier alpha value is -1.46. The normalized spacial score (nSPS) is 19.5. The third-order valence-electron chi connectivity index (χ3n) is 3.52. The lowest BCUT2D eigenvalue weighted by molar-refractivity contribution is 0.242. The highest BCUT2D eigenvalue weighted by molar-refractivity contribution is 6.31. The molecule has 2 heterocycles. The Morgan fingerprint density at radius 3 is 3.00 bits per heavy atom. The maximum Gasteiger partial charge on any atom is 0.298 e. The number of anilines is 1. The van der Waals surface area contributed by atoms with Crippen molar-refractivity contribution in [2.45, 2.75) is 32.9 Å². The van der Waals surface area contributed by atoms with Gasteiger partial charge < -0.3 is 19.4 Å². The van der Waals surface area contributed by atoms with E-state index in [4.69, 9.17) is 20.8 Å². The highest BCUT2D eigenvalue weighted by Crippen LogP contribution is 2.34. The van der Waals surface area contributed by atoms with Crippen molar-refractivity contribution in [3.8, 4) is 5.75 Å². The molecule has 1 aromatic carbocycles. The zero-order valence-corrected chi connectivity index (χ0v) is 13.3. The number of aromatic nitrogens is 1. The van der Waals surface area contributed by atoms with Gasteiger partial charge in [0, 0.05) is 36.8 Å². The first kappa shape index (κ1) is 14.5. The van der Waals surface area contributed by atoms with E-state index in [-0.39, 0.29) is 6.10 Å². The van der Waals surface area contributed by atoms with Crippen LogP contribution in [0.4, 0.5) is 6.01 Å². The Labute approximate surface area is 129 Å². The quantitative estimate of drug-likeness (QED) is 0.944. The predicted octanol–water partition coefficient (Wildman–Crippen LogP) is 3.07. The zero-order valence-electron chi connectivity index (χ0n) is 12.5. The number of ether oxygens (including phenoxy) is 1. The molecule has 2 aromatic rings. The average molecular weight is 310 g/mol. The second-order valence-corrected chi connectivity index (χ2v) is 6.10. The molecule has 1 aromatic heterocycles. The molecule has 0 saturated carbocycles. The molecule has 1 N–H and O–H groups in total. The van der Waals surface area contributed by atoms with Gasteiger partial charge in [-0.25, -0.2) is 0 Å². The fourth-order valence-corrected chi connectivity index (χ4v) is 2.75. The fourth-order valence-electron chi connectivity index (χ4n) is 2.55. The largest absolute Gasteiger partial charge is 0.487 e. The van der Waals surface area contributed by atoms with Gasteiger partial charge in [0.2, 0.25) is 0 Å². The lowest BCUT2D eigenvalue weighted by Crippen LogP contribution is -2.50. The topological polar surface area (TPSA) is 50.5 Å². The molecule has 0 radical (unpaired) electrons. The van der Waals surface area contributed by atoms with Gasteiger partial charge in [-0.3, -0.25) is 0 Å². The lowest BCUT2D eigenvalue weighted by atomic mass is 10.2. The van der Waals surface area contributed by atoms with Crippen molar-refractivity contribution in [2.24, 2.45) is 0 Å². The van der Waals surface area contributed by atoms with Crippen LogP contribution < -0.4 is 15.0 Å². The molecule has 6 heteroatoms. The van der Waals surface area contributed by atoms with Gasteiger partial charge in [-0.2, -0.15) is 4.98 Å². The summed E-state index contributed by atoms with van der Waals surface area (Å²) in [5.41, 5.74) is 1.40. The van der Waals surface area contributed by atoms with E-state index >= 15 is 0 Å². The summed E-state index contributed by atoms with van der Waals surface area (Å²) >= 11 is 6.15. The molecule has 1 saturated heterocycles. The van der Waals surface area contributed by atoms with E-state index < -0.39 is 0 Å². The summed E-state index contributed by atoms with van der Waals surface area (Å²) in [6.45, 7) is 8.83. The van der Waals surface area contributed by atoms with Crippen LogP contribution in [0.5, 0.6) is 5.75 Å². The maximum atomic E-state index is 6.15. The summed E-state index contributed by atoms with van der Waals surface area (Å²) in [5.74, 6) is 0.647. The Morgan fingerprint density at radius 1 is 1.48 bits per heavy atom. The molecule has 1 aliphatic heterocycles. The van der Waals surface area contributed by atoms with Crippen LogP contribution in [0.1, 0.15) is 20.8 Å². The monoisotopic (exact) mass is 309 g/mol. The first-order valence-electron chi connectivity index (χ1n) is 7.28. The van der Waals surface area contributed by atoms with E-state index in [9.17, 15) is 0 Å². The number of nitrogens with one attached hydrogen (secondary N) is 1. The van der Waals surface area contributed by atoms with Gasteiger partial charge in [-0.15, -0.1) is 0 Å². The first-order valence-corrected chi connectivity index (χ1v) is 7.66. The Bertz CT molecular complexity index is 641. The minimum Gasteiger partial charge on any atom is -0.487 e. The minimum atomic E-state index is 0.0540. The zero-order chi connectivity index (χ0) is 15.0. The number of halogens is 1. The number of fused-ring (bicyclic) bond motifs is 1. The number of rotatable bonds is 3. The molecule has 1 fully saturated rings. The van der Waals surface area contributed by atoms with Gasteiger partial charge in [-0.05, 0) is 26.8 Å². The molecule has 0 amide bonds. The van der Waals surface area contributed by atoms with Gasteiger partial charge in [-0.1, -0.05) is 11.6 Å². The highest BCUT2D eigenvalue weighted by Gasteiger charge is 2.24. The van der Waals surface area contributed by atoms with Gasteiger partial charge in [0.15, 0.2) is 11.3 Å². The van der Waals surface area contributed by atoms with E-state index in [1.165, 1.54) is 0 Å². The first-order chi connectivity index (χ1) is 10.0. The van der Waals surface area contributed by atoms with E-state index in [1.807, 2.05) is 19.9 Å². The number of nitrogens with zero attached hydrogens (tertiary/aromatic N) is 2. The fraction of sp³-hybridized carbons (Fsp3) is 0.533. The van der Waals surface area contributed by atoms with Crippen LogP contribution in [0.15, 0.2) is 16.5 Å². The van der Waals surface area contributed by atoms with Crippen LogP contribution in [0.25, 0.3) is 11.1 Å². The molecule has 0 bridgehead atoms. The molecule has 5 nitrogen and oxygen atoms in total. The molecule has 3 rings (SSSR count). The summed E-state index contributed by atoms with van der Waals surface area (Å²) in [4.78, 5) is 6.75. The molecule has 1 aliphatic rings. The lowest BCUT2D eigenvalue weighted by Gasteiger charge is -2.32. The summed E-state index contributed by atoms with van der Waals surface area (Å²) in [7, 11) is 0. The number of hydrogen-bond donors (Lipinski definition) is 1. The van der Waals surface area contributed by atoms with E-state index in [2.05, 4.69) is 22.1 Å². The van der Waals surface area contributed by atoms with Crippen LogP contribution in [-0.4, -0.2) is 36.8 Å². The smallest absolute Gasteiger partial charge is 0.298 e. The SMILES string of the molecule is CC(C)Oc1cc(Cl)cc2nc(N3CCNC[C@@H]3C)oc12. The Balaban J connectivity index is 2.02. The highest BCUT2D eigenvalue weighted by atomic mass is 35.5. The Kier molecular flexibility index (Phi) is 3.95. The van der Waals surface area contributed by atoms with Crippen LogP contribution in [-0.2, 0) is 0 Å². The molecule has 114 valence electrons. The summed E-state index contributed by atoms with van der Waals surface area (Å²) in [6, 6.07) is 4.57. The molecule has 0 aliphatic carbocycles. The maximum absolute atomic E-state index is 6.15. The third kappa shape index (κ3) is 2.94. The van der Waals surface area contributed by atoms with Gasteiger partial charge >= 0.3 is 0 Å². The van der Waals surface area contributed by atoms with Crippen molar-refractivity contribution in [3.05, 3.63) is 17.2 Å². The third-order valence-corrected chi connectivity index (χ3v) is 3.74. The summed E-state index contributed by atoms with van der Waals surface area (Å²) in [5, 5.41) is 3.96. The van der Waals surface area contributed by atoms with Crippen molar-refractivity contribution >= 4 is 28.7 Å². The molecular weight excluding hydrogens is 290 g/mol. The van der Waals surface area contributed by atoms with E-state index in [0.29, 0.717) is 28.4 Å². The molecule has 0 spiro atoms. The standard InChI is InChI=1S/C15H20ClN3O2/c1-9(2)20-13-7-11(16)6-12-14(13)21-15(18-12)19-5-4-17-8-10(19)3/h6-7,9-10,17H,4-5,8H2,1-3H3/t10-/m0/s1. The Morgan fingerprint density at radius 2 is 2.29 bits per heavy atom. The number of benzene rings is 1. The second-order valence-electron chi connectivity index (χ2n) is 5.66.